The number of aryl methyl sites for hydroxylation is 2. The smallest absolute Gasteiger partial charge is 0.143 e. The first-order chi connectivity index (χ1) is 10.0. The molecule has 0 amide bonds. The summed E-state index contributed by atoms with van der Waals surface area (Å²) in [6, 6.07) is 6.53. The number of benzene rings is 1. The largest absolute Gasteiger partial charge is 0.299 e. The number of Topliss-reactive ketones (excluding diaryl/α,β-unsaturated/α-hetero) is 1. The van der Waals surface area contributed by atoms with Crippen molar-refractivity contribution in [2.24, 2.45) is 23.2 Å². The van der Waals surface area contributed by atoms with Crippen molar-refractivity contribution in [2.75, 3.05) is 0 Å². The van der Waals surface area contributed by atoms with Gasteiger partial charge >= 0.3 is 0 Å². The number of hydrogen-bond donors (Lipinski definition) is 0. The molecule has 1 nitrogen and oxygen atoms in total. The van der Waals surface area contributed by atoms with Crippen LogP contribution in [0.4, 0.5) is 0 Å². The molecule has 1 heteroatoms. The van der Waals surface area contributed by atoms with Gasteiger partial charge in [-0.25, -0.2) is 0 Å². The second kappa shape index (κ2) is 4.69. The second-order valence-corrected chi connectivity index (χ2v) is 8.23. The molecule has 0 unspecified atom stereocenters. The van der Waals surface area contributed by atoms with Crippen molar-refractivity contribution < 1.29 is 4.79 Å². The lowest BCUT2D eigenvalue weighted by atomic mass is 9.48. The first kappa shape index (κ1) is 13.5. The Morgan fingerprint density at radius 2 is 1.62 bits per heavy atom. The van der Waals surface area contributed by atoms with E-state index in [1.165, 1.54) is 55.2 Å². The average Bonchev–Trinajstić information content (AvgIpc) is 2.41. The minimum atomic E-state index is 0.0605. The Labute approximate surface area is 128 Å². The monoisotopic (exact) mass is 282 g/mol. The van der Waals surface area contributed by atoms with Crippen LogP contribution in [-0.2, 0) is 11.2 Å². The molecule has 112 valence electrons. The van der Waals surface area contributed by atoms with Crippen LogP contribution in [-0.4, -0.2) is 5.78 Å². The van der Waals surface area contributed by atoms with E-state index in [9.17, 15) is 4.79 Å². The average molecular weight is 282 g/mol. The third kappa shape index (κ3) is 2.25. The van der Waals surface area contributed by atoms with Gasteiger partial charge in [0.05, 0.1) is 0 Å². The van der Waals surface area contributed by atoms with Gasteiger partial charge in [-0.1, -0.05) is 23.8 Å². The molecule has 1 aromatic rings. The summed E-state index contributed by atoms with van der Waals surface area (Å²) >= 11 is 0. The Bertz CT molecular complexity index is 548. The van der Waals surface area contributed by atoms with Gasteiger partial charge in [-0.3, -0.25) is 4.79 Å². The van der Waals surface area contributed by atoms with E-state index >= 15 is 0 Å². The third-order valence-corrected chi connectivity index (χ3v) is 6.49. The highest BCUT2D eigenvalue weighted by Gasteiger charge is 2.53. The molecule has 21 heavy (non-hydrogen) atoms. The predicted molar refractivity (Wildman–Crippen MR) is 85.2 cm³/mol. The molecule has 4 saturated carbocycles. The van der Waals surface area contributed by atoms with E-state index in [2.05, 4.69) is 32.0 Å². The van der Waals surface area contributed by atoms with E-state index in [1.807, 2.05) is 0 Å². The molecule has 5 rings (SSSR count). The molecule has 0 radical (unpaired) electrons. The van der Waals surface area contributed by atoms with Crippen LogP contribution in [0.5, 0.6) is 0 Å². The molecular formula is C20H26O. The summed E-state index contributed by atoms with van der Waals surface area (Å²) in [5.41, 5.74) is 3.87. The van der Waals surface area contributed by atoms with Crippen LogP contribution in [0.2, 0.25) is 0 Å². The van der Waals surface area contributed by atoms with Gasteiger partial charge in [0.2, 0.25) is 0 Å². The van der Waals surface area contributed by atoms with Gasteiger partial charge in [-0.15, -0.1) is 0 Å². The zero-order chi connectivity index (χ0) is 14.6. The lowest BCUT2D eigenvalue weighted by molar-refractivity contribution is -0.143. The Balaban J connectivity index is 1.59. The van der Waals surface area contributed by atoms with Crippen LogP contribution in [0.15, 0.2) is 18.2 Å². The summed E-state index contributed by atoms with van der Waals surface area (Å²) in [6.07, 6.45) is 8.50. The molecule has 4 bridgehead atoms. The van der Waals surface area contributed by atoms with Crippen molar-refractivity contribution in [3.63, 3.8) is 0 Å². The molecule has 0 N–H and O–H groups in total. The minimum Gasteiger partial charge on any atom is -0.299 e. The first-order valence-electron chi connectivity index (χ1n) is 8.63. The number of carbonyl (C=O) groups is 1. The number of ketones is 1. The highest BCUT2D eigenvalue weighted by Crippen LogP contribution is 2.60. The molecular weight excluding hydrogens is 256 g/mol. The van der Waals surface area contributed by atoms with E-state index in [-0.39, 0.29) is 5.41 Å². The fraction of sp³-hybridized carbons (Fsp3) is 0.650. The quantitative estimate of drug-likeness (QED) is 0.790. The lowest BCUT2D eigenvalue weighted by Gasteiger charge is -2.56. The lowest BCUT2D eigenvalue weighted by Crippen LogP contribution is -2.50. The van der Waals surface area contributed by atoms with E-state index in [0.717, 1.165) is 17.8 Å². The van der Waals surface area contributed by atoms with E-state index in [0.29, 0.717) is 12.2 Å². The van der Waals surface area contributed by atoms with Crippen molar-refractivity contribution in [3.8, 4) is 0 Å². The normalized spacial score (nSPS) is 37.0. The van der Waals surface area contributed by atoms with Gasteiger partial charge in [0, 0.05) is 11.8 Å². The summed E-state index contributed by atoms with van der Waals surface area (Å²) in [4.78, 5) is 13.1. The van der Waals surface area contributed by atoms with Gasteiger partial charge in [-0.2, -0.15) is 0 Å². The van der Waals surface area contributed by atoms with E-state index in [4.69, 9.17) is 0 Å². The van der Waals surface area contributed by atoms with Gasteiger partial charge in [0.15, 0.2) is 0 Å². The van der Waals surface area contributed by atoms with Crippen LogP contribution >= 0.6 is 0 Å². The second-order valence-electron chi connectivity index (χ2n) is 8.23. The van der Waals surface area contributed by atoms with Crippen molar-refractivity contribution in [1.29, 1.82) is 0 Å². The standard InChI is InChI=1S/C20H26O/c1-13-3-4-14(2)18(5-13)9-19(21)20-10-15-6-16(11-20)8-17(7-15)12-20/h3-5,15-17H,6-12H2,1-2H3. The SMILES string of the molecule is Cc1ccc(C)c(CC(=O)C23CC4CC(CC(C4)C2)C3)c1. The molecule has 1 aromatic carbocycles. The van der Waals surface area contributed by atoms with Crippen LogP contribution < -0.4 is 0 Å². The zero-order valence-electron chi connectivity index (χ0n) is 13.3. The van der Waals surface area contributed by atoms with Crippen LogP contribution in [0.1, 0.15) is 55.2 Å². The first-order valence-corrected chi connectivity index (χ1v) is 8.63. The summed E-state index contributed by atoms with van der Waals surface area (Å²) in [5, 5.41) is 0. The van der Waals surface area contributed by atoms with Gasteiger partial charge in [0.1, 0.15) is 5.78 Å². The Morgan fingerprint density at radius 3 is 2.19 bits per heavy atom. The van der Waals surface area contributed by atoms with Crippen LogP contribution in [0, 0.1) is 37.0 Å². The highest BCUT2D eigenvalue weighted by molar-refractivity contribution is 5.87. The maximum absolute atomic E-state index is 13.1. The summed E-state index contributed by atoms with van der Waals surface area (Å²) < 4.78 is 0. The minimum absolute atomic E-state index is 0.0605. The van der Waals surface area contributed by atoms with Crippen LogP contribution in [0.3, 0.4) is 0 Å². The number of carbonyl (C=O) groups excluding carboxylic acids is 1. The number of rotatable bonds is 3. The zero-order valence-corrected chi connectivity index (χ0v) is 13.3. The predicted octanol–water partition coefficient (Wildman–Crippen LogP) is 4.63. The van der Waals surface area contributed by atoms with Gasteiger partial charge in [0.25, 0.3) is 0 Å². The number of hydrogen-bond acceptors (Lipinski definition) is 1. The molecule has 4 aliphatic carbocycles. The highest BCUT2D eigenvalue weighted by atomic mass is 16.1. The van der Waals surface area contributed by atoms with Crippen molar-refractivity contribution in [3.05, 3.63) is 34.9 Å². The molecule has 0 spiro atoms. The maximum Gasteiger partial charge on any atom is 0.143 e. The summed E-state index contributed by atoms with van der Waals surface area (Å²) in [7, 11) is 0. The molecule has 0 atom stereocenters. The van der Waals surface area contributed by atoms with Crippen LogP contribution in [0.25, 0.3) is 0 Å². The summed E-state index contributed by atoms with van der Waals surface area (Å²) in [6.45, 7) is 4.26. The van der Waals surface area contributed by atoms with Crippen molar-refractivity contribution >= 4 is 5.78 Å². The maximum atomic E-state index is 13.1. The van der Waals surface area contributed by atoms with E-state index in [1.54, 1.807) is 0 Å². The molecule has 0 saturated heterocycles. The van der Waals surface area contributed by atoms with Crippen molar-refractivity contribution in [2.45, 2.75) is 58.8 Å². The fourth-order valence-electron chi connectivity index (χ4n) is 5.80. The Kier molecular flexibility index (Phi) is 3.03. The topological polar surface area (TPSA) is 17.1 Å². The molecule has 0 aliphatic heterocycles. The van der Waals surface area contributed by atoms with Crippen molar-refractivity contribution in [1.82, 2.24) is 0 Å². The molecule has 4 fully saturated rings. The summed E-state index contributed by atoms with van der Waals surface area (Å²) in [5.74, 6) is 3.13. The molecule has 0 heterocycles. The molecule has 4 aliphatic rings. The van der Waals surface area contributed by atoms with Gasteiger partial charge < -0.3 is 0 Å². The fourth-order valence-corrected chi connectivity index (χ4v) is 5.80. The third-order valence-electron chi connectivity index (χ3n) is 6.49. The van der Waals surface area contributed by atoms with Gasteiger partial charge in [-0.05, 0) is 81.3 Å². The Hall–Kier alpha value is -1.11. The Morgan fingerprint density at radius 1 is 1.05 bits per heavy atom. The van der Waals surface area contributed by atoms with E-state index < -0.39 is 0 Å². The molecule has 0 aromatic heterocycles.